The number of hydrazine groups is 1. The summed E-state index contributed by atoms with van der Waals surface area (Å²) in [6.45, 7) is 1.50. The number of allylic oxidation sites excluding steroid dienone is 1. The molecule has 0 saturated carbocycles. The monoisotopic (exact) mass is 524 g/mol. The molecular formula is C22H32N6O7S. The number of hydroxylamine groups is 2. The number of carbonyl (C=O) groups is 2. The van der Waals surface area contributed by atoms with Crippen LogP contribution in [0.25, 0.3) is 0 Å². The standard InChI is InChI=1S/C22H32N6O7S/c1-14-21(26(2)13-34-14)36(31,32)28(24)20(22(30)33-4)10-17(29)9-18-11-19(27(3)35-18)16-7-5-15(6-8-16)12-25-23/h5-8,12,18-20H,9-11,13,23-24H2,1-4H3/t18-,19-,20+/m1/s1. The van der Waals surface area contributed by atoms with Crippen molar-refractivity contribution in [3.8, 4) is 0 Å². The molecule has 1 aromatic rings. The topological polar surface area (TPSA) is 170 Å². The minimum atomic E-state index is -4.34. The van der Waals surface area contributed by atoms with Gasteiger partial charge in [0, 0.05) is 26.9 Å². The first-order valence-corrected chi connectivity index (χ1v) is 12.6. The summed E-state index contributed by atoms with van der Waals surface area (Å²) in [6.07, 6.45) is 1.09. The lowest BCUT2D eigenvalue weighted by atomic mass is 9.97. The molecule has 36 heavy (non-hydrogen) atoms. The number of nitrogens with two attached hydrogens (primary N) is 2. The van der Waals surface area contributed by atoms with Crippen LogP contribution in [0.2, 0.25) is 0 Å². The van der Waals surface area contributed by atoms with Gasteiger partial charge in [0.15, 0.2) is 11.8 Å². The van der Waals surface area contributed by atoms with Gasteiger partial charge in [-0.2, -0.15) is 10.2 Å². The number of carbonyl (C=O) groups excluding carboxylic acids is 2. The highest BCUT2D eigenvalue weighted by Crippen LogP contribution is 2.34. The number of hydrogen-bond acceptors (Lipinski definition) is 12. The summed E-state index contributed by atoms with van der Waals surface area (Å²) in [5.74, 6) is 9.88. The maximum Gasteiger partial charge on any atom is 0.326 e. The third kappa shape index (κ3) is 5.84. The van der Waals surface area contributed by atoms with Gasteiger partial charge in [0.1, 0.15) is 17.6 Å². The van der Waals surface area contributed by atoms with Crippen LogP contribution in [0.5, 0.6) is 0 Å². The number of sulfonamides is 1. The summed E-state index contributed by atoms with van der Waals surface area (Å²) in [7, 11) is 0.0366. The van der Waals surface area contributed by atoms with E-state index in [2.05, 4.69) is 5.10 Å². The molecule has 2 heterocycles. The number of nitrogens with zero attached hydrogens (tertiary/aromatic N) is 4. The van der Waals surface area contributed by atoms with Crippen LogP contribution in [0.1, 0.15) is 43.4 Å². The lowest BCUT2D eigenvalue weighted by Crippen LogP contribution is -2.52. The van der Waals surface area contributed by atoms with Gasteiger partial charge in [0.05, 0.1) is 25.5 Å². The highest BCUT2D eigenvalue weighted by Gasteiger charge is 2.42. The summed E-state index contributed by atoms with van der Waals surface area (Å²) >= 11 is 0. The number of benzene rings is 1. The second kappa shape index (κ2) is 11.3. The lowest BCUT2D eigenvalue weighted by molar-refractivity contribution is -0.154. The van der Waals surface area contributed by atoms with E-state index in [0.717, 1.165) is 18.2 Å². The van der Waals surface area contributed by atoms with Crippen LogP contribution in [0, 0.1) is 0 Å². The average Bonchev–Trinajstić information content (AvgIpc) is 3.37. The Hall–Kier alpha value is -3.04. The van der Waals surface area contributed by atoms with Crippen LogP contribution >= 0.6 is 0 Å². The molecule has 1 saturated heterocycles. The molecule has 2 aliphatic rings. The smallest absolute Gasteiger partial charge is 0.326 e. The number of methoxy groups -OCH3 is 1. The number of ether oxygens (including phenoxy) is 2. The minimum Gasteiger partial charge on any atom is -0.475 e. The number of hydrazone groups is 1. The highest BCUT2D eigenvalue weighted by atomic mass is 32.2. The van der Waals surface area contributed by atoms with E-state index >= 15 is 0 Å². The molecule has 4 N–H and O–H groups in total. The van der Waals surface area contributed by atoms with Gasteiger partial charge >= 0.3 is 5.97 Å². The van der Waals surface area contributed by atoms with Crippen LogP contribution < -0.4 is 11.7 Å². The molecule has 14 heteroatoms. The second-order valence-electron chi connectivity index (χ2n) is 8.62. The Labute approximate surface area is 210 Å². The predicted octanol–water partition coefficient (Wildman–Crippen LogP) is 0.161. The summed E-state index contributed by atoms with van der Waals surface area (Å²) in [6, 6.07) is 5.96. The van der Waals surface area contributed by atoms with Crippen molar-refractivity contribution in [3.05, 3.63) is 46.2 Å². The van der Waals surface area contributed by atoms with E-state index in [9.17, 15) is 18.0 Å². The summed E-state index contributed by atoms with van der Waals surface area (Å²) in [5.41, 5.74) is 1.84. The fourth-order valence-corrected chi connectivity index (χ4v) is 5.86. The fourth-order valence-electron chi connectivity index (χ4n) is 4.30. The first-order valence-electron chi connectivity index (χ1n) is 11.2. The molecule has 0 spiro atoms. The number of Topliss-reactive ketones (excluding diaryl/α,β-unsaturated/α-hetero) is 1. The molecule has 1 fully saturated rings. The van der Waals surface area contributed by atoms with E-state index in [4.69, 9.17) is 26.0 Å². The molecule has 0 aliphatic carbocycles. The third-order valence-electron chi connectivity index (χ3n) is 6.09. The van der Waals surface area contributed by atoms with Crippen molar-refractivity contribution < 1.29 is 32.3 Å². The third-order valence-corrected chi connectivity index (χ3v) is 7.98. The Morgan fingerprint density at radius 1 is 1.31 bits per heavy atom. The molecule has 13 nitrogen and oxygen atoms in total. The Kier molecular flexibility index (Phi) is 8.68. The molecule has 2 aliphatic heterocycles. The number of rotatable bonds is 10. The Morgan fingerprint density at radius 3 is 2.53 bits per heavy atom. The maximum atomic E-state index is 13.1. The van der Waals surface area contributed by atoms with Crippen molar-refractivity contribution >= 4 is 28.0 Å². The molecule has 0 radical (unpaired) electrons. The van der Waals surface area contributed by atoms with Gasteiger partial charge in [-0.25, -0.2) is 8.42 Å². The van der Waals surface area contributed by atoms with Gasteiger partial charge in [-0.05, 0) is 24.5 Å². The molecule has 0 amide bonds. The van der Waals surface area contributed by atoms with E-state index < -0.39 is 40.3 Å². The second-order valence-corrected chi connectivity index (χ2v) is 10.4. The van der Waals surface area contributed by atoms with Crippen molar-refractivity contribution in [2.24, 2.45) is 16.8 Å². The molecule has 0 aromatic heterocycles. The van der Waals surface area contributed by atoms with E-state index in [-0.39, 0.29) is 30.0 Å². The zero-order valence-corrected chi connectivity index (χ0v) is 21.5. The van der Waals surface area contributed by atoms with Gasteiger partial charge < -0.3 is 20.2 Å². The maximum absolute atomic E-state index is 13.1. The van der Waals surface area contributed by atoms with Crippen LogP contribution in [-0.4, -0.2) is 80.8 Å². The zero-order chi connectivity index (χ0) is 26.6. The fraction of sp³-hybridized carbons (Fsp3) is 0.500. The van der Waals surface area contributed by atoms with Gasteiger partial charge in [-0.1, -0.05) is 24.3 Å². The molecule has 0 bridgehead atoms. The van der Waals surface area contributed by atoms with E-state index in [0.29, 0.717) is 10.8 Å². The first kappa shape index (κ1) is 27.5. The molecular weight excluding hydrogens is 492 g/mol. The Bertz CT molecular complexity index is 1140. The largest absolute Gasteiger partial charge is 0.475 e. The normalized spacial score (nSPS) is 21.9. The van der Waals surface area contributed by atoms with Crippen LogP contribution in [0.15, 0.2) is 40.2 Å². The van der Waals surface area contributed by atoms with Gasteiger partial charge in [-0.15, -0.1) is 4.41 Å². The van der Waals surface area contributed by atoms with Gasteiger partial charge in [-0.3, -0.25) is 20.3 Å². The Morgan fingerprint density at radius 2 is 1.97 bits per heavy atom. The summed E-state index contributed by atoms with van der Waals surface area (Å²) in [4.78, 5) is 32.5. The summed E-state index contributed by atoms with van der Waals surface area (Å²) < 4.78 is 36.6. The van der Waals surface area contributed by atoms with Crippen LogP contribution in [0.3, 0.4) is 0 Å². The summed E-state index contributed by atoms with van der Waals surface area (Å²) in [5, 5.41) is 4.99. The van der Waals surface area contributed by atoms with Crippen LogP contribution in [-0.2, 0) is 33.9 Å². The van der Waals surface area contributed by atoms with Gasteiger partial charge in [0.2, 0.25) is 0 Å². The quantitative estimate of drug-likeness (QED) is 0.185. The number of ketones is 1. The SMILES string of the molecule is COC(=O)[C@H](CC(=O)C[C@@H]1C[C@H](c2ccc(C=NN)cc2)N(C)O1)N(N)S(=O)(=O)C1=C(C)OCN1C. The minimum absolute atomic E-state index is 0.0209. The molecule has 1 aromatic carbocycles. The number of hydrogen-bond donors (Lipinski definition) is 2. The van der Waals surface area contributed by atoms with Crippen molar-refractivity contribution in [2.45, 2.75) is 44.4 Å². The average molecular weight is 525 g/mol. The van der Waals surface area contributed by atoms with Crippen molar-refractivity contribution in [1.29, 1.82) is 0 Å². The molecule has 198 valence electrons. The van der Waals surface area contributed by atoms with Gasteiger partial charge in [0.25, 0.3) is 10.0 Å². The van der Waals surface area contributed by atoms with E-state index in [1.54, 1.807) is 12.1 Å². The van der Waals surface area contributed by atoms with Crippen molar-refractivity contribution in [1.82, 2.24) is 14.4 Å². The zero-order valence-electron chi connectivity index (χ0n) is 20.7. The lowest BCUT2D eigenvalue weighted by Gasteiger charge is -2.26. The van der Waals surface area contributed by atoms with Crippen molar-refractivity contribution in [2.75, 3.05) is 27.9 Å². The van der Waals surface area contributed by atoms with E-state index in [1.807, 2.05) is 24.3 Å². The van der Waals surface area contributed by atoms with Crippen LogP contribution in [0.4, 0.5) is 0 Å². The van der Waals surface area contributed by atoms with Crippen molar-refractivity contribution in [3.63, 3.8) is 0 Å². The molecule has 3 rings (SSSR count). The predicted molar refractivity (Wildman–Crippen MR) is 130 cm³/mol. The molecule has 0 unspecified atom stereocenters. The first-order chi connectivity index (χ1) is 17.0. The highest BCUT2D eigenvalue weighted by molar-refractivity contribution is 7.92. The van der Waals surface area contributed by atoms with E-state index in [1.165, 1.54) is 25.1 Å². The Balaban J connectivity index is 1.68. The number of esters is 1. The molecule has 3 atom stereocenters.